The SMILES string of the molecule is O=C(NCCNC(=O)c1n[nH]c2ccccc12)c1ccc(F)nc1. The number of hydrogen-bond acceptors (Lipinski definition) is 4. The van der Waals surface area contributed by atoms with Crippen molar-refractivity contribution < 1.29 is 14.0 Å². The van der Waals surface area contributed by atoms with Gasteiger partial charge >= 0.3 is 0 Å². The molecule has 0 unspecified atom stereocenters. The second-order valence-electron chi connectivity index (χ2n) is 5.00. The maximum atomic E-state index is 12.7. The van der Waals surface area contributed by atoms with E-state index in [4.69, 9.17) is 0 Å². The second kappa shape index (κ2) is 6.86. The number of pyridine rings is 1. The number of rotatable bonds is 5. The van der Waals surface area contributed by atoms with Gasteiger partial charge in [-0.3, -0.25) is 14.7 Å². The first kappa shape index (κ1) is 15.6. The van der Waals surface area contributed by atoms with E-state index >= 15 is 0 Å². The number of hydrogen-bond donors (Lipinski definition) is 3. The number of para-hydroxylation sites is 1. The van der Waals surface area contributed by atoms with E-state index < -0.39 is 5.95 Å². The summed E-state index contributed by atoms with van der Waals surface area (Å²) in [6.07, 6.45) is 1.15. The van der Waals surface area contributed by atoms with Crippen LogP contribution in [0.1, 0.15) is 20.8 Å². The summed E-state index contributed by atoms with van der Waals surface area (Å²) in [5.41, 5.74) is 1.33. The number of aromatic amines is 1. The number of carbonyl (C=O) groups excluding carboxylic acids is 2. The molecular formula is C16H14FN5O2. The van der Waals surface area contributed by atoms with Crippen LogP contribution in [0.15, 0.2) is 42.6 Å². The molecule has 2 heterocycles. The fraction of sp³-hybridized carbons (Fsp3) is 0.125. The van der Waals surface area contributed by atoms with Gasteiger partial charge in [-0.2, -0.15) is 9.49 Å². The second-order valence-corrected chi connectivity index (χ2v) is 5.00. The zero-order chi connectivity index (χ0) is 16.9. The van der Waals surface area contributed by atoms with Crippen LogP contribution in [0.3, 0.4) is 0 Å². The van der Waals surface area contributed by atoms with E-state index in [-0.39, 0.29) is 30.5 Å². The van der Waals surface area contributed by atoms with E-state index in [0.717, 1.165) is 23.2 Å². The van der Waals surface area contributed by atoms with Gasteiger partial charge in [0.1, 0.15) is 0 Å². The summed E-state index contributed by atoms with van der Waals surface area (Å²) in [4.78, 5) is 27.3. The molecule has 3 N–H and O–H groups in total. The molecule has 0 fully saturated rings. The van der Waals surface area contributed by atoms with Crippen molar-refractivity contribution in [1.29, 1.82) is 0 Å². The lowest BCUT2D eigenvalue weighted by atomic mass is 10.2. The zero-order valence-corrected chi connectivity index (χ0v) is 12.5. The maximum absolute atomic E-state index is 12.7. The molecule has 0 bridgehead atoms. The van der Waals surface area contributed by atoms with Gasteiger partial charge < -0.3 is 10.6 Å². The highest BCUT2D eigenvalue weighted by Crippen LogP contribution is 2.14. The lowest BCUT2D eigenvalue weighted by molar-refractivity contribution is 0.0925. The fourth-order valence-electron chi connectivity index (χ4n) is 2.18. The lowest BCUT2D eigenvalue weighted by Crippen LogP contribution is -2.35. The molecule has 1 aromatic carbocycles. The van der Waals surface area contributed by atoms with Gasteiger partial charge in [0.2, 0.25) is 5.95 Å². The molecular weight excluding hydrogens is 313 g/mol. The van der Waals surface area contributed by atoms with Crippen molar-refractivity contribution in [2.45, 2.75) is 0 Å². The van der Waals surface area contributed by atoms with Gasteiger partial charge in [-0.1, -0.05) is 18.2 Å². The van der Waals surface area contributed by atoms with Crippen LogP contribution in [0.4, 0.5) is 4.39 Å². The minimum absolute atomic E-state index is 0.226. The zero-order valence-electron chi connectivity index (χ0n) is 12.5. The quantitative estimate of drug-likeness (QED) is 0.485. The number of nitrogens with one attached hydrogen (secondary N) is 3. The minimum Gasteiger partial charge on any atom is -0.350 e. The lowest BCUT2D eigenvalue weighted by Gasteiger charge is -2.06. The Balaban J connectivity index is 1.50. The summed E-state index contributed by atoms with van der Waals surface area (Å²) in [7, 11) is 0. The van der Waals surface area contributed by atoms with Gasteiger partial charge in [0.25, 0.3) is 11.8 Å². The number of benzene rings is 1. The van der Waals surface area contributed by atoms with Crippen molar-refractivity contribution in [3.8, 4) is 0 Å². The molecule has 2 amide bonds. The van der Waals surface area contributed by atoms with E-state index in [9.17, 15) is 14.0 Å². The van der Waals surface area contributed by atoms with Gasteiger partial charge in [-0.05, 0) is 18.2 Å². The summed E-state index contributed by atoms with van der Waals surface area (Å²) in [6, 6.07) is 9.76. The smallest absolute Gasteiger partial charge is 0.272 e. The molecule has 0 atom stereocenters. The van der Waals surface area contributed by atoms with E-state index in [1.54, 1.807) is 6.07 Å². The topological polar surface area (TPSA) is 99.8 Å². The van der Waals surface area contributed by atoms with Crippen LogP contribution in [-0.2, 0) is 0 Å². The predicted molar refractivity (Wildman–Crippen MR) is 85.0 cm³/mol. The summed E-state index contributed by atoms with van der Waals surface area (Å²) in [6.45, 7) is 0.463. The molecule has 7 nitrogen and oxygen atoms in total. The molecule has 0 spiro atoms. The van der Waals surface area contributed by atoms with Crippen molar-refractivity contribution >= 4 is 22.7 Å². The number of halogens is 1. The fourth-order valence-corrected chi connectivity index (χ4v) is 2.18. The summed E-state index contributed by atoms with van der Waals surface area (Å²) >= 11 is 0. The standard InChI is InChI=1S/C16H14FN5O2/c17-13-6-5-10(9-20-13)15(23)18-7-8-19-16(24)14-11-3-1-2-4-12(11)21-22-14/h1-6,9H,7-8H2,(H,18,23)(H,19,24)(H,21,22). The van der Waals surface area contributed by atoms with Crippen LogP contribution < -0.4 is 10.6 Å². The number of carbonyl (C=O) groups is 2. The first-order valence-corrected chi connectivity index (χ1v) is 7.26. The molecule has 122 valence electrons. The Bertz CT molecular complexity index is 876. The minimum atomic E-state index is -0.648. The summed E-state index contributed by atoms with van der Waals surface area (Å²) < 4.78 is 12.7. The van der Waals surface area contributed by atoms with Crippen LogP contribution in [0.25, 0.3) is 10.9 Å². The highest BCUT2D eigenvalue weighted by Gasteiger charge is 2.13. The number of H-pyrrole nitrogens is 1. The van der Waals surface area contributed by atoms with E-state index in [0.29, 0.717) is 5.69 Å². The Kier molecular flexibility index (Phi) is 4.46. The summed E-state index contributed by atoms with van der Waals surface area (Å²) in [5, 5.41) is 12.8. The average molecular weight is 327 g/mol. The van der Waals surface area contributed by atoms with Gasteiger partial charge in [-0.25, -0.2) is 4.98 Å². The van der Waals surface area contributed by atoms with E-state index in [1.165, 1.54) is 6.07 Å². The Hall–Kier alpha value is -3.29. The monoisotopic (exact) mass is 327 g/mol. The Morgan fingerprint density at radius 3 is 2.54 bits per heavy atom. The van der Waals surface area contributed by atoms with Crippen molar-refractivity contribution in [2.24, 2.45) is 0 Å². The molecule has 0 saturated heterocycles. The molecule has 0 aliphatic heterocycles. The number of fused-ring (bicyclic) bond motifs is 1. The van der Waals surface area contributed by atoms with E-state index in [2.05, 4.69) is 25.8 Å². The van der Waals surface area contributed by atoms with Crippen LogP contribution in [0.2, 0.25) is 0 Å². The van der Waals surface area contributed by atoms with Crippen LogP contribution in [0.5, 0.6) is 0 Å². The van der Waals surface area contributed by atoms with Crippen molar-refractivity contribution in [3.05, 3.63) is 59.8 Å². The molecule has 8 heteroatoms. The van der Waals surface area contributed by atoms with Crippen molar-refractivity contribution in [1.82, 2.24) is 25.8 Å². The molecule has 0 aliphatic carbocycles. The van der Waals surface area contributed by atoms with Crippen LogP contribution in [0, 0.1) is 5.95 Å². The van der Waals surface area contributed by atoms with Gasteiger partial charge in [0.15, 0.2) is 5.69 Å². The molecule has 0 radical (unpaired) electrons. The molecule has 3 rings (SSSR count). The predicted octanol–water partition coefficient (Wildman–Crippen LogP) is 1.26. The third-order valence-electron chi connectivity index (χ3n) is 3.37. The van der Waals surface area contributed by atoms with Crippen LogP contribution >= 0.6 is 0 Å². The molecule has 3 aromatic rings. The highest BCUT2D eigenvalue weighted by molar-refractivity contribution is 6.04. The van der Waals surface area contributed by atoms with Crippen molar-refractivity contribution in [2.75, 3.05) is 13.1 Å². The number of nitrogens with zero attached hydrogens (tertiary/aromatic N) is 2. The van der Waals surface area contributed by atoms with E-state index in [1.807, 2.05) is 18.2 Å². The third kappa shape index (κ3) is 3.37. The third-order valence-corrected chi connectivity index (χ3v) is 3.37. The number of amides is 2. The molecule has 2 aromatic heterocycles. The average Bonchev–Trinajstić information content (AvgIpc) is 3.03. The van der Waals surface area contributed by atoms with Gasteiger partial charge in [0.05, 0.1) is 11.1 Å². The molecule has 0 aliphatic rings. The number of aromatic nitrogens is 3. The van der Waals surface area contributed by atoms with Gasteiger partial charge in [0, 0.05) is 24.7 Å². The van der Waals surface area contributed by atoms with Gasteiger partial charge in [-0.15, -0.1) is 0 Å². The largest absolute Gasteiger partial charge is 0.350 e. The molecule has 0 saturated carbocycles. The first-order valence-electron chi connectivity index (χ1n) is 7.26. The van der Waals surface area contributed by atoms with Crippen molar-refractivity contribution in [3.63, 3.8) is 0 Å². The maximum Gasteiger partial charge on any atom is 0.272 e. The Labute approximate surface area is 136 Å². The normalized spacial score (nSPS) is 10.5. The molecule has 24 heavy (non-hydrogen) atoms. The van der Waals surface area contributed by atoms with Crippen LogP contribution in [-0.4, -0.2) is 40.1 Å². The first-order chi connectivity index (χ1) is 11.6. The highest BCUT2D eigenvalue weighted by atomic mass is 19.1. The Morgan fingerprint density at radius 1 is 1.04 bits per heavy atom. The Morgan fingerprint density at radius 2 is 1.79 bits per heavy atom. The summed E-state index contributed by atoms with van der Waals surface area (Å²) in [5.74, 6) is -1.36.